The molecule has 2 atom stereocenters. The number of carbonyl (C=O) groups is 3. The largest absolute Gasteiger partial charge is 0.444 e. The zero-order valence-corrected chi connectivity index (χ0v) is 25.4. The zero-order valence-electron chi connectivity index (χ0n) is 23.1. The molecule has 2 aliphatic rings. The number of rotatable bonds is 4. The van der Waals surface area contributed by atoms with E-state index in [1.807, 2.05) is 43.9 Å². The summed E-state index contributed by atoms with van der Waals surface area (Å²) in [4.78, 5) is 44.6. The van der Waals surface area contributed by atoms with E-state index in [0.717, 1.165) is 5.56 Å². The summed E-state index contributed by atoms with van der Waals surface area (Å²) >= 11 is 18.6. The summed E-state index contributed by atoms with van der Waals surface area (Å²) in [6, 6.07) is 12.1. The Morgan fingerprint density at radius 1 is 0.950 bits per heavy atom. The maximum Gasteiger partial charge on any atom is 0.410 e. The molecule has 10 heteroatoms. The molecular weight excluding hydrogens is 573 g/mol. The van der Waals surface area contributed by atoms with E-state index >= 15 is 0 Å². The quantitative estimate of drug-likeness (QED) is 0.390. The van der Waals surface area contributed by atoms with Crippen molar-refractivity contribution in [2.45, 2.75) is 51.2 Å². The van der Waals surface area contributed by atoms with Crippen LogP contribution in [-0.2, 0) is 9.53 Å². The van der Waals surface area contributed by atoms with E-state index in [4.69, 9.17) is 39.5 Å². The molecule has 214 valence electrons. The van der Waals surface area contributed by atoms with Gasteiger partial charge in [-0.05, 0) is 75.6 Å². The second kappa shape index (κ2) is 12.4. The first-order valence-corrected chi connectivity index (χ1v) is 14.4. The maximum atomic E-state index is 13.6. The molecule has 3 amide bonds. The number of hydrogen-bond acceptors (Lipinski definition) is 4. The molecular formula is C30H34Cl3N3O4. The minimum absolute atomic E-state index is 0.0565. The normalized spacial score (nSPS) is 19.6. The molecule has 2 aromatic rings. The molecule has 2 aromatic carbocycles. The predicted octanol–water partition coefficient (Wildman–Crippen LogP) is 6.67. The first-order valence-electron chi connectivity index (χ1n) is 13.3. The summed E-state index contributed by atoms with van der Waals surface area (Å²) < 4.78 is 5.47. The Labute approximate surface area is 250 Å². The first-order chi connectivity index (χ1) is 18.8. The van der Waals surface area contributed by atoms with Crippen molar-refractivity contribution in [1.29, 1.82) is 0 Å². The zero-order chi connectivity index (χ0) is 29.2. The van der Waals surface area contributed by atoms with Crippen LogP contribution in [0.1, 0.15) is 55.5 Å². The molecule has 7 nitrogen and oxygen atoms in total. The Kier molecular flexibility index (Phi) is 9.38. The number of likely N-dealkylation sites (tertiary alicyclic amines) is 1. The number of ether oxygens (including phenoxy) is 1. The van der Waals surface area contributed by atoms with E-state index in [1.54, 1.807) is 47.2 Å². The second-order valence-corrected chi connectivity index (χ2v) is 12.5. The van der Waals surface area contributed by atoms with Crippen molar-refractivity contribution >= 4 is 52.7 Å². The predicted molar refractivity (Wildman–Crippen MR) is 158 cm³/mol. The lowest BCUT2D eigenvalue weighted by Crippen LogP contribution is -2.52. The van der Waals surface area contributed by atoms with Crippen LogP contribution in [0, 0.1) is 0 Å². The minimum atomic E-state index is -0.580. The fraction of sp³-hybridized carbons (Fsp3) is 0.433. The number of amides is 3. The molecule has 4 rings (SSSR count). The van der Waals surface area contributed by atoms with E-state index in [-0.39, 0.29) is 29.9 Å². The van der Waals surface area contributed by atoms with E-state index in [2.05, 4.69) is 0 Å². The number of carbonyl (C=O) groups excluding carboxylic acids is 3. The smallest absolute Gasteiger partial charge is 0.410 e. The Balaban J connectivity index is 1.53. The number of nitrogens with zero attached hydrogens (tertiary/aromatic N) is 3. The van der Waals surface area contributed by atoms with Gasteiger partial charge in [-0.3, -0.25) is 9.59 Å². The molecule has 0 spiro atoms. The third-order valence-corrected chi connectivity index (χ3v) is 8.27. The minimum Gasteiger partial charge on any atom is -0.444 e. The topological polar surface area (TPSA) is 70.2 Å². The third-order valence-electron chi connectivity index (χ3n) is 7.28. The molecule has 0 bridgehead atoms. The summed E-state index contributed by atoms with van der Waals surface area (Å²) in [5.74, 6) is -0.362. The Morgan fingerprint density at radius 3 is 2.25 bits per heavy atom. The Morgan fingerprint density at radius 2 is 1.65 bits per heavy atom. The van der Waals surface area contributed by atoms with Gasteiger partial charge in [-0.15, -0.1) is 0 Å². The van der Waals surface area contributed by atoms with Crippen molar-refractivity contribution in [1.82, 2.24) is 14.7 Å². The highest BCUT2D eigenvalue weighted by atomic mass is 35.5. The average molecular weight is 607 g/mol. The summed E-state index contributed by atoms with van der Waals surface area (Å²) in [5.41, 5.74) is 1.54. The molecule has 0 unspecified atom stereocenters. The second-order valence-electron chi connectivity index (χ2n) is 11.2. The Hall–Kier alpha value is -2.74. The van der Waals surface area contributed by atoms with E-state index < -0.39 is 5.60 Å². The lowest BCUT2D eigenvalue weighted by molar-refractivity contribution is -0.129. The van der Waals surface area contributed by atoms with Crippen LogP contribution in [0.2, 0.25) is 15.1 Å². The molecule has 2 aliphatic heterocycles. The van der Waals surface area contributed by atoms with Crippen molar-refractivity contribution < 1.29 is 19.1 Å². The Bertz CT molecular complexity index is 1310. The third kappa shape index (κ3) is 7.12. The van der Waals surface area contributed by atoms with Gasteiger partial charge in [-0.2, -0.15) is 0 Å². The van der Waals surface area contributed by atoms with Crippen molar-refractivity contribution in [3.05, 3.63) is 80.3 Å². The molecule has 0 saturated carbocycles. The fourth-order valence-corrected chi connectivity index (χ4v) is 5.60. The van der Waals surface area contributed by atoms with Crippen LogP contribution in [0.25, 0.3) is 0 Å². The number of piperidine rings is 1. The lowest BCUT2D eigenvalue weighted by atomic mass is 9.84. The highest BCUT2D eigenvalue weighted by Crippen LogP contribution is 2.35. The van der Waals surface area contributed by atoms with Crippen LogP contribution in [0.15, 0.2) is 54.1 Å². The van der Waals surface area contributed by atoms with Gasteiger partial charge < -0.3 is 19.4 Å². The summed E-state index contributed by atoms with van der Waals surface area (Å²) in [6.45, 7) is 7.12. The lowest BCUT2D eigenvalue weighted by Gasteiger charge is -2.43. The van der Waals surface area contributed by atoms with Crippen molar-refractivity contribution in [3.8, 4) is 0 Å². The van der Waals surface area contributed by atoms with Gasteiger partial charge in [0, 0.05) is 61.3 Å². The summed E-state index contributed by atoms with van der Waals surface area (Å²) in [7, 11) is 1.79. The van der Waals surface area contributed by atoms with E-state index in [0.29, 0.717) is 65.2 Å². The average Bonchev–Trinajstić information content (AvgIpc) is 2.92. The molecule has 0 aromatic heterocycles. The van der Waals surface area contributed by atoms with Crippen LogP contribution in [0.4, 0.5) is 4.79 Å². The van der Waals surface area contributed by atoms with Crippen molar-refractivity contribution in [2.24, 2.45) is 0 Å². The molecule has 40 heavy (non-hydrogen) atoms. The number of likely N-dealkylation sites (N-methyl/N-ethyl adjacent to an activating group) is 1. The summed E-state index contributed by atoms with van der Waals surface area (Å²) in [5, 5.41) is 1.43. The van der Waals surface area contributed by atoms with Gasteiger partial charge in [0.25, 0.3) is 5.91 Å². The highest BCUT2D eigenvalue weighted by Gasteiger charge is 2.38. The van der Waals surface area contributed by atoms with Crippen molar-refractivity contribution in [2.75, 3.05) is 33.2 Å². The SMILES string of the molecule is CN(C(=O)c1ccc(Cl)cc1)[C@@H]1CCN(C(=O)C2=CCN(C(=O)OC(C)(C)C)CC2)C[C@H]1c1ccc(Cl)c(Cl)c1. The van der Waals surface area contributed by atoms with Crippen LogP contribution >= 0.6 is 34.8 Å². The van der Waals surface area contributed by atoms with Gasteiger partial charge in [-0.25, -0.2) is 4.79 Å². The number of hydrogen-bond donors (Lipinski definition) is 0. The van der Waals surface area contributed by atoms with Gasteiger partial charge >= 0.3 is 6.09 Å². The molecule has 2 heterocycles. The maximum absolute atomic E-state index is 13.6. The van der Waals surface area contributed by atoms with E-state index in [1.165, 1.54) is 0 Å². The molecule has 1 saturated heterocycles. The standard InChI is InChI=1S/C30H34Cl3N3O4/c1-30(2,3)40-29(39)35-14-11-20(12-15-35)28(38)36-16-13-26(23(18-36)21-7-10-24(32)25(33)17-21)34(4)27(37)19-5-8-22(31)9-6-19/h5-11,17,23,26H,12-16,18H2,1-4H3/t23-,26+/m0/s1. The number of halogens is 3. The van der Waals surface area contributed by atoms with Crippen LogP contribution < -0.4 is 0 Å². The van der Waals surface area contributed by atoms with Gasteiger partial charge in [0.15, 0.2) is 0 Å². The highest BCUT2D eigenvalue weighted by molar-refractivity contribution is 6.42. The van der Waals surface area contributed by atoms with Gasteiger partial charge in [-0.1, -0.05) is 46.9 Å². The van der Waals surface area contributed by atoms with Crippen LogP contribution in [0.5, 0.6) is 0 Å². The van der Waals surface area contributed by atoms with Gasteiger partial charge in [0.1, 0.15) is 5.60 Å². The van der Waals surface area contributed by atoms with Gasteiger partial charge in [0.2, 0.25) is 5.91 Å². The molecule has 0 N–H and O–H groups in total. The molecule has 1 fully saturated rings. The van der Waals surface area contributed by atoms with Crippen molar-refractivity contribution in [3.63, 3.8) is 0 Å². The van der Waals surface area contributed by atoms with Crippen LogP contribution in [-0.4, -0.2) is 77.5 Å². The van der Waals surface area contributed by atoms with Gasteiger partial charge in [0.05, 0.1) is 10.0 Å². The first kappa shape index (κ1) is 30.2. The molecule has 0 radical (unpaired) electrons. The molecule has 0 aliphatic carbocycles. The van der Waals surface area contributed by atoms with Crippen LogP contribution in [0.3, 0.4) is 0 Å². The monoisotopic (exact) mass is 605 g/mol. The fourth-order valence-electron chi connectivity index (χ4n) is 5.16. The number of benzene rings is 2. The summed E-state index contributed by atoms with van der Waals surface area (Å²) in [6.07, 6.45) is 2.46. The van der Waals surface area contributed by atoms with E-state index in [9.17, 15) is 14.4 Å².